The highest BCUT2D eigenvalue weighted by molar-refractivity contribution is 6.32. The lowest BCUT2D eigenvalue weighted by Gasteiger charge is -2.41. The van der Waals surface area contributed by atoms with Crippen LogP contribution in [-0.2, 0) is 19.1 Å². The van der Waals surface area contributed by atoms with Crippen molar-refractivity contribution in [2.45, 2.75) is 64.9 Å². The van der Waals surface area contributed by atoms with Crippen molar-refractivity contribution < 1.29 is 28.8 Å². The number of carbonyl (C=O) groups is 2. The number of quaternary nitrogens is 1. The van der Waals surface area contributed by atoms with Gasteiger partial charge in [-0.05, 0) is 31.6 Å². The lowest BCUT2D eigenvalue weighted by molar-refractivity contribution is -0.967. The van der Waals surface area contributed by atoms with E-state index in [1.165, 1.54) is 20.0 Å². The number of carbonyl (C=O) groups excluding carboxylic acids is 2. The molecule has 7 nitrogen and oxygen atoms in total. The first kappa shape index (κ1) is 22.9. The first-order valence-corrected chi connectivity index (χ1v) is 9.98. The zero-order valence-corrected chi connectivity index (χ0v) is 16.7. The molecule has 1 saturated heterocycles. The minimum Gasteiger partial charge on any atom is -0.462 e. The van der Waals surface area contributed by atoms with E-state index in [4.69, 9.17) is 4.74 Å². The van der Waals surface area contributed by atoms with E-state index in [9.17, 15) is 14.7 Å². The molecule has 1 aliphatic rings. The average molecular weight is 374 g/mol. The number of unbranched alkanes of at least 4 members (excludes halogenated alkanes) is 1. The number of nitrogens with one attached hydrogen (secondary N) is 1. The number of aliphatic hydroxyl groups is 1. The van der Waals surface area contributed by atoms with E-state index in [1.807, 2.05) is 0 Å². The Kier molecular flexibility index (Phi) is 10.8. The highest BCUT2D eigenvalue weighted by atomic mass is 16.5. The molecule has 26 heavy (non-hydrogen) atoms. The van der Waals surface area contributed by atoms with Crippen LogP contribution in [0.15, 0.2) is 0 Å². The predicted octanol–water partition coefficient (Wildman–Crippen LogP) is 1.79. The van der Waals surface area contributed by atoms with Gasteiger partial charge in [-0.2, -0.15) is 5.43 Å². The number of hydrogen-bond donors (Lipinski definition) is 2. The largest absolute Gasteiger partial charge is 0.462 e. The number of ether oxygens (including phenoxy) is 2. The second-order valence-corrected chi connectivity index (χ2v) is 7.38. The molecule has 1 amide bonds. The quantitative estimate of drug-likeness (QED) is 0.328. The van der Waals surface area contributed by atoms with Crippen LogP contribution < -0.4 is 5.43 Å². The van der Waals surface area contributed by atoms with Crippen LogP contribution in [0.5, 0.6) is 0 Å². The van der Waals surface area contributed by atoms with E-state index in [2.05, 4.69) is 24.0 Å². The third-order valence-corrected chi connectivity index (χ3v) is 5.15. The van der Waals surface area contributed by atoms with Crippen LogP contribution in [0, 0.1) is 5.92 Å². The smallest absolute Gasteiger partial charge is 0.401 e. The first-order chi connectivity index (χ1) is 12.5. The van der Waals surface area contributed by atoms with Crippen molar-refractivity contribution in [1.29, 1.82) is 0 Å². The maximum Gasteiger partial charge on any atom is 0.401 e. The second-order valence-electron chi connectivity index (χ2n) is 7.38. The highest BCUT2D eigenvalue weighted by Crippen LogP contribution is 2.18. The van der Waals surface area contributed by atoms with Gasteiger partial charge in [0.05, 0.1) is 13.7 Å². The summed E-state index contributed by atoms with van der Waals surface area (Å²) >= 11 is 0. The molecule has 152 valence electrons. The van der Waals surface area contributed by atoms with Gasteiger partial charge in [0.2, 0.25) is 0 Å². The average Bonchev–Trinajstić information content (AvgIpc) is 2.64. The molecule has 7 heteroatoms. The van der Waals surface area contributed by atoms with Gasteiger partial charge in [0.1, 0.15) is 25.7 Å². The Hall–Kier alpha value is -1.18. The van der Waals surface area contributed by atoms with Crippen LogP contribution in [0.2, 0.25) is 0 Å². The Labute approximate surface area is 157 Å². The predicted molar refractivity (Wildman–Crippen MR) is 99.0 cm³/mol. The summed E-state index contributed by atoms with van der Waals surface area (Å²) in [6, 6.07) is 0. The molecule has 1 fully saturated rings. The van der Waals surface area contributed by atoms with Gasteiger partial charge in [0, 0.05) is 6.61 Å². The monoisotopic (exact) mass is 373 g/mol. The van der Waals surface area contributed by atoms with Gasteiger partial charge >= 0.3 is 11.9 Å². The van der Waals surface area contributed by atoms with Crippen molar-refractivity contribution in [2.75, 3.05) is 40.0 Å². The van der Waals surface area contributed by atoms with Crippen LogP contribution in [0.1, 0.15) is 58.8 Å². The maximum absolute atomic E-state index is 12.0. The first-order valence-electron chi connectivity index (χ1n) is 9.98. The number of aliphatic hydroxyl groups excluding tert-OH is 1. The Balaban J connectivity index is 2.51. The van der Waals surface area contributed by atoms with E-state index in [0.29, 0.717) is 32.2 Å². The fourth-order valence-corrected chi connectivity index (χ4v) is 3.54. The summed E-state index contributed by atoms with van der Waals surface area (Å²) in [7, 11) is 1.19. The van der Waals surface area contributed by atoms with E-state index in [-0.39, 0.29) is 11.2 Å². The molecule has 0 aliphatic carbocycles. The number of rotatable bonds is 11. The molecule has 0 radical (unpaired) electrons. The van der Waals surface area contributed by atoms with E-state index >= 15 is 0 Å². The second kappa shape index (κ2) is 12.3. The summed E-state index contributed by atoms with van der Waals surface area (Å²) in [5.41, 5.74) is 2.76. The molecule has 0 saturated carbocycles. The van der Waals surface area contributed by atoms with Crippen LogP contribution in [0.4, 0.5) is 0 Å². The summed E-state index contributed by atoms with van der Waals surface area (Å²) in [5, 5.41) is 10.4. The lowest BCUT2D eigenvalue weighted by Crippen LogP contribution is -2.66. The summed E-state index contributed by atoms with van der Waals surface area (Å²) in [6.45, 7) is 6.99. The summed E-state index contributed by atoms with van der Waals surface area (Å²) < 4.78 is 10.4. The van der Waals surface area contributed by atoms with Gasteiger partial charge in [-0.3, -0.25) is 4.79 Å². The van der Waals surface area contributed by atoms with Crippen molar-refractivity contribution in [3.05, 3.63) is 0 Å². The summed E-state index contributed by atoms with van der Waals surface area (Å²) in [6.07, 6.45) is 6.91. The topological polar surface area (TPSA) is 84.9 Å². The summed E-state index contributed by atoms with van der Waals surface area (Å²) in [5.74, 6) is -1.13. The highest BCUT2D eigenvalue weighted by Gasteiger charge is 2.37. The number of hydrogen-bond acceptors (Lipinski definition) is 5. The van der Waals surface area contributed by atoms with Gasteiger partial charge in [-0.1, -0.05) is 33.1 Å². The Morgan fingerprint density at radius 1 is 1.15 bits per heavy atom. The normalized spacial score (nSPS) is 18.8. The minimum atomic E-state index is -0.902. The zero-order valence-electron chi connectivity index (χ0n) is 16.7. The molecule has 0 bridgehead atoms. The Morgan fingerprint density at radius 3 is 2.42 bits per heavy atom. The number of amides is 1. The van der Waals surface area contributed by atoms with Gasteiger partial charge in [-0.15, -0.1) is 0 Å². The van der Waals surface area contributed by atoms with Crippen LogP contribution in [0.25, 0.3) is 0 Å². The van der Waals surface area contributed by atoms with Gasteiger partial charge in [0.15, 0.2) is 0 Å². The lowest BCUT2D eigenvalue weighted by atomic mass is 10.0. The molecule has 1 heterocycles. The Bertz CT molecular complexity index is 424. The molecule has 2 unspecified atom stereocenters. The van der Waals surface area contributed by atoms with Gasteiger partial charge in [0.25, 0.3) is 0 Å². The molecule has 1 aliphatic heterocycles. The molecule has 0 aromatic heterocycles. The number of likely N-dealkylation sites (tertiary alicyclic amines) is 1. The minimum absolute atomic E-state index is 0.214. The van der Waals surface area contributed by atoms with Crippen LogP contribution in [-0.4, -0.2) is 67.6 Å². The number of esters is 1. The van der Waals surface area contributed by atoms with Crippen molar-refractivity contribution in [2.24, 2.45) is 5.92 Å². The fourth-order valence-electron chi connectivity index (χ4n) is 3.54. The van der Waals surface area contributed by atoms with Crippen molar-refractivity contribution >= 4 is 11.9 Å². The molecule has 2 atom stereocenters. The molecule has 1 rings (SSSR count). The van der Waals surface area contributed by atoms with Crippen molar-refractivity contribution in [3.63, 3.8) is 0 Å². The zero-order chi connectivity index (χ0) is 19.4. The van der Waals surface area contributed by atoms with Crippen LogP contribution >= 0.6 is 0 Å². The fraction of sp³-hybridized carbons (Fsp3) is 0.895. The third-order valence-electron chi connectivity index (χ3n) is 5.15. The van der Waals surface area contributed by atoms with Crippen molar-refractivity contribution in [1.82, 2.24) is 5.43 Å². The number of methoxy groups -OCH3 is 1. The van der Waals surface area contributed by atoms with E-state index in [1.54, 1.807) is 0 Å². The molecular weight excluding hydrogens is 336 g/mol. The van der Waals surface area contributed by atoms with E-state index in [0.717, 1.165) is 32.1 Å². The Morgan fingerprint density at radius 2 is 1.85 bits per heavy atom. The number of nitrogens with zero attached hydrogens (tertiary/aromatic N) is 1. The van der Waals surface area contributed by atoms with Crippen molar-refractivity contribution in [3.8, 4) is 0 Å². The van der Waals surface area contributed by atoms with E-state index < -0.39 is 18.0 Å². The third kappa shape index (κ3) is 8.01. The molecular formula is C19H37N2O5+. The molecule has 2 N–H and O–H groups in total. The van der Waals surface area contributed by atoms with Gasteiger partial charge < -0.3 is 14.6 Å². The molecule has 0 aromatic rings. The van der Waals surface area contributed by atoms with Crippen LogP contribution in [0.3, 0.4) is 0 Å². The standard InChI is InChI=1S/C19H36N2O5/c1-4-6-10-16(5-2)14-26-15-17(22)13-21(11-8-7-9-12-21)20-18(23)19(24)25-3/h16-17,22H,4-15H2,1-3H3/p+1. The SMILES string of the molecule is CCCCC(CC)COCC(O)C[N+]1(NC(=O)C(=O)OC)CCCCC1. The summed E-state index contributed by atoms with van der Waals surface area (Å²) in [4.78, 5) is 23.4. The maximum atomic E-state index is 12.0. The van der Waals surface area contributed by atoms with Gasteiger partial charge in [-0.25, -0.2) is 9.39 Å². The number of piperidine rings is 1. The molecule has 0 spiro atoms. The molecule has 0 aromatic carbocycles.